The number of carbonyl (C=O) groups is 1. The van der Waals surface area contributed by atoms with Crippen LogP contribution in [0.5, 0.6) is 0 Å². The molecule has 1 saturated heterocycles. The molecule has 0 radical (unpaired) electrons. The number of nitrogens with one attached hydrogen (secondary N) is 1. The largest absolute Gasteiger partial charge is 0.339 e. The van der Waals surface area contributed by atoms with Gasteiger partial charge < -0.3 is 10.2 Å². The van der Waals surface area contributed by atoms with Crippen molar-refractivity contribution < 1.29 is 13.2 Å². The fraction of sp³-hybridized carbons (Fsp3) is 0.562. The average Bonchev–Trinajstić information content (AvgIpc) is 2.56. The van der Waals surface area contributed by atoms with Crippen molar-refractivity contribution in [2.75, 3.05) is 32.7 Å². The maximum absolute atomic E-state index is 12.7. The number of benzene rings is 1. The SMILES string of the molecule is CCN(CC)C(=O)c1ccc(S(=O)(=O)N2CCNCC2C)cc1. The van der Waals surface area contributed by atoms with E-state index in [1.54, 1.807) is 17.0 Å². The van der Waals surface area contributed by atoms with E-state index in [0.29, 0.717) is 38.3 Å². The van der Waals surface area contributed by atoms with Crippen LogP contribution >= 0.6 is 0 Å². The molecule has 6 nitrogen and oxygen atoms in total. The second kappa shape index (κ2) is 7.42. The third-order valence-electron chi connectivity index (χ3n) is 4.20. The molecule has 0 saturated carbocycles. The smallest absolute Gasteiger partial charge is 0.253 e. The van der Waals surface area contributed by atoms with Crippen molar-refractivity contribution in [1.82, 2.24) is 14.5 Å². The van der Waals surface area contributed by atoms with Crippen molar-refractivity contribution in [3.05, 3.63) is 29.8 Å². The van der Waals surface area contributed by atoms with Crippen LogP contribution in [-0.2, 0) is 10.0 Å². The van der Waals surface area contributed by atoms with E-state index in [1.165, 1.54) is 16.4 Å². The van der Waals surface area contributed by atoms with E-state index in [2.05, 4.69) is 5.32 Å². The van der Waals surface area contributed by atoms with E-state index in [4.69, 9.17) is 0 Å². The Bertz CT molecular complexity index is 639. The molecule has 0 spiro atoms. The van der Waals surface area contributed by atoms with E-state index < -0.39 is 10.0 Å². The molecular weight excluding hydrogens is 314 g/mol. The second-order valence-electron chi connectivity index (χ2n) is 5.67. The number of hydrogen-bond acceptors (Lipinski definition) is 4. The van der Waals surface area contributed by atoms with Gasteiger partial charge >= 0.3 is 0 Å². The number of nitrogens with zero attached hydrogens (tertiary/aromatic N) is 2. The summed E-state index contributed by atoms with van der Waals surface area (Å²) in [6, 6.07) is 6.17. The van der Waals surface area contributed by atoms with E-state index in [-0.39, 0.29) is 16.8 Å². The number of hydrogen-bond donors (Lipinski definition) is 1. The predicted octanol–water partition coefficient (Wildman–Crippen LogP) is 1.15. The van der Waals surface area contributed by atoms with Gasteiger partial charge in [0, 0.05) is 44.3 Å². The highest BCUT2D eigenvalue weighted by molar-refractivity contribution is 7.89. The lowest BCUT2D eigenvalue weighted by Gasteiger charge is -2.32. The molecule has 1 aliphatic rings. The zero-order chi connectivity index (χ0) is 17.0. The summed E-state index contributed by atoms with van der Waals surface area (Å²) >= 11 is 0. The fourth-order valence-electron chi connectivity index (χ4n) is 2.78. The highest BCUT2D eigenvalue weighted by Gasteiger charge is 2.30. The molecule has 0 aliphatic carbocycles. The number of sulfonamides is 1. The molecule has 1 atom stereocenters. The first-order chi connectivity index (χ1) is 10.9. The van der Waals surface area contributed by atoms with Gasteiger partial charge in [0.2, 0.25) is 10.0 Å². The Morgan fingerprint density at radius 1 is 1.26 bits per heavy atom. The van der Waals surface area contributed by atoms with Crippen LogP contribution in [0.1, 0.15) is 31.1 Å². The second-order valence-corrected chi connectivity index (χ2v) is 7.56. The Balaban J connectivity index is 2.23. The number of amides is 1. The lowest BCUT2D eigenvalue weighted by Crippen LogP contribution is -2.52. The van der Waals surface area contributed by atoms with Gasteiger partial charge in [-0.25, -0.2) is 8.42 Å². The molecule has 1 heterocycles. The summed E-state index contributed by atoms with van der Waals surface area (Å²) in [6.45, 7) is 8.77. The number of carbonyl (C=O) groups excluding carboxylic acids is 1. The Morgan fingerprint density at radius 2 is 1.87 bits per heavy atom. The van der Waals surface area contributed by atoms with Gasteiger partial charge in [0.15, 0.2) is 0 Å². The average molecular weight is 339 g/mol. The van der Waals surface area contributed by atoms with Gasteiger partial charge in [-0.05, 0) is 45.0 Å². The summed E-state index contributed by atoms with van der Waals surface area (Å²) in [6.07, 6.45) is 0. The molecule has 1 aromatic carbocycles. The van der Waals surface area contributed by atoms with Crippen LogP contribution < -0.4 is 5.32 Å². The molecule has 1 fully saturated rings. The minimum atomic E-state index is -3.52. The zero-order valence-corrected chi connectivity index (χ0v) is 14.8. The van der Waals surface area contributed by atoms with Gasteiger partial charge in [-0.15, -0.1) is 0 Å². The lowest BCUT2D eigenvalue weighted by molar-refractivity contribution is 0.0773. The summed E-state index contributed by atoms with van der Waals surface area (Å²) in [5.74, 6) is -0.0745. The number of rotatable bonds is 5. The van der Waals surface area contributed by atoms with Gasteiger partial charge in [0.05, 0.1) is 4.90 Å². The molecule has 128 valence electrons. The molecule has 0 bridgehead atoms. The van der Waals surface area contributed by atoms with E-state index >= 15 is 0 Å². The molecule has 23 heavy (non-hydrogen) atoms. The molecule has 1 amide bonds. The molecule has 1 aliphatic heterocycles. The van der Waals surface area contributed by atoms with Gasteiger partial charge in [0.25, 0.3) is 5.91 Å². The van der Waals surface area contributed by atoms with Crippen LogP contribution in [0.25, 0.3) is 0 Å². The predicted molar refractivity (Wildman–Crippen MR) is 89.9 cm³/mol. The van der Waals surface area contributed by atoms with Crippen LogP contribution in [0.15, 0.2) is 29.2 Å². The molecule has 1 aromatic rings. The first-order valence-electron chi connectivity index (χ1n) is 8.03. The Morgan fingerprint density at radius 3 is 2.39 bits per heavy atom. The van der Waals surface area contributed by atoms with Crippen LogP contribution in [0, 0.1) is 0 Å². The van der Waals surface area contributed by atoms with E-state index in [9.17, 15) is 13.2 Å². The summed E-state index contributed by atoms with van der Waals surface area (Å²) in [5.41, 5.74) is 0.515. The van der Waals surface area contributed by atoms with Crippen LogP contribution in [0.2, 0.25) is 0 Å². The van der Waals surface area contributed by atoms with Gasteiger partial charge in [0.1, 0.15) is 0 Å². The first kappa shape index (κ1) is 17.9. The highest BCUT2D eigenvalue weighted by Crippen LogP contribution is 2.20. The Kier molecular flexibility index (Phi) is 5.78. The van der Waals surface area contributed by atoms with Crippen molar-refractivity contribution in [3.63, 3.8) is 0 Å². The minimum Gasteiger partial charge on any atom is -0.339 e. The minimum absolute atomic E-state index is 0.0745. The van der Waals surface area contributed by atoms with Crippen molar-refractivity contribution >= 4 is 15.9 Å². The maximum atomic E-state index is 12.7. The zero-order valence-electron chi connectivity index (χ0n) is 13.9. The topological polar surface area (TPSA) is 69.7 Å². The fourth-order valence-corrected chi connectivity index (χ4v) is 4.41. The molecular formula is C16H25N3O3S. The summed E-state index contributed by atoms with van der Waals surface area (Å²) in [5, 5.41) is 3.18. The molecule has 7 heteroatoms. The lowest BCUT2D eigenvalue weighted by atomic mass is 10.2. The quantitative estimate of drug-likeness (QED) is 0.874. The van der Waals surface area contributed by atoms with Crippen LogP contribution in [-0.4, -0.2) is 62.3 Å². The number of piperazine rings is 1. The standard InChI is InChI=1S/C16H25N3O3S/c1-4-18(5-2)16(20)14-6-8-15(9-7-14)23(21,22)19-11-10-17-12-13(19)3/h6-9,13,17H,4-5,10-12H2,1-3H3. The molecule has 2 rings (SSSR count). The molecule has 1 unspecified atom stereocenters. The van der Waals surface area contributed by atoms with Crippen molar-refractivity contribution in [1.29, 1.82) is 0 Å². The third kappa shape index (κ3) is 3.73. The van der Waals surface area contributed by atoms with Crippen LogP contribution in [0.3, 0.4) is 0 Å². The summed E-state index contributed by atoms with van der Waals surface area (Å²) in [4.78, 5) is 14.2. The van der Waals surface area contributed by atoms with Crippen LogP contribution in [0.4, 0.5) is 0 Å². The van der Waals surface area contributed by atoms with Crippen molar-refractivity contribution in [2.45, 2.75) is 31.7 Å². The molecule has 1 N–H and O–H groups in total. The van der Waals surface area contributed by atoms with Crippen molar-refractivity contribution in [2.24, 2.45) is 0 Å². The monoisotopic (exact) mass is 339 g/mol. The normalized spacial score (nSPS) is 19.5. The Labute approximate surface area is 138 Å². The van der Waals surface area contributed by atoms with E-state index in [0.717, 1.165) is 0 Å². The molecule has 0 aromatic heterocycles. The highest BCUT2D eigenvalue weighted by atomic mass is 32.2. The van der Waals surface area contributed by atoms with E-state index in [1.807, 2.05) is 20.8 Å². The van der Waals surface area contributed by atoms with Crippen molar-refractivity contribution in [3.8, 4) is 0 Å². The summed E-state index contributed by atoms with van der Waals surface area (Å²) < 4.78 is 27.0. The van der Waals surface area contributed by atoms with Gasteiger partial charge in [-0.1, -0.05) is 0 Å². The van der Waals surface area contributed by atoms with Gasteiger partial charge in [-0.2, -0.15) is 4.31 Å². The maximum Gasteiger partial charge on any atom is 0.253 e. The Hall–Kier alpha value is -1.44. The first-order valence-corrected chi connectivity index (χ1v) is 9.47. The third-order valence-corrected chi connectivity index (χ3v) is 6.23. The summed E-state index contributed by atoms with van der Waals surface area (Å²) in [7, 11) is -3.52. The van der Waals surface area contributed by atoms with Gasteiger partial charge in [-0.3, -0.25) is 4.79 Å².